The average Bonchev–Trinajstić information content (AvgIpc) is 2.58. The Morgan fingerprint density at radius 1 is 1.12 bits per heavy atom. The Bertz CT molecular complexity index is 527. The topological polar surface area (TPSA) is 69.7 Å². The fraction of sp³-hybridized carbons (Fsp3) is 0.850. The molecule has 2 atom stereocenters. The fourth-order valence-electron chi connectivity index (χ4n) is 3.92. The number of hydrogen-bond donors (Lipinski definition) is 1. The van der Waals surface area contributed by atoms with E-state index in [-0.39, 0.29) is 41.6 Å². The van der Waals surface area contributed by atoms with Crippen molar-refractivity contribution in [2.75, 3.05) is 26.2 Å². The van der Waals surface area contributed by atoms with Crippen LogP contribution in [0.4, 0.5) is 0 Å². The van der Waals surface area contributed by atoms with Crippen LogP contribution in [-0.4, -0.2) is 59.2 Å². The largest absolute Gasteiger partial charge is 0.351 e. The normalized spacial score (nSPS) is 24.5. The Kier molecular flexibility index (Phi) is 7.07. The third-order valence-corrected chi connectivity index (χ3v) is 5.33. The number of nitrogens with one attached hydrogen (secondary N) is 1. The van der Waals surface area contributed by atoms with Crippen LogP contribution in [0.25, 0.3) is 0 Å². The van der Waals surface area contributed by atoms with Gasteiger partial charge in [0.15, 0.2) is 0 Å². The van der Waals surface area contributed by atoms with Crippen molar-refractivity contribution in [2.45, 2.75) is 71.8 Å². The molecule has 0 aromatic heterocycles. The second-order valence-corrected chi connectivity index (χ2v) is 8.73. The molecule has 6 nitrogen and oxygen atoms in total. The molecule has 2 fully saturated rings. The van der Waals surface area contributed by atoms with E-state index in [0.29, 0.717) is 13.1 Å². The molecular formula is C20H35N3O3. The van der Waals surface area contributed by atoms with Crippen molar-refractivity contribution >= 4 is 17.7 Å². The molecule has 1 heterocycles. The van der Waals surface area contributed by atoms with Gasteiger partial charge in [0, 0.05) is 37.0 Å². The smallest absolute Gasteiger partial charge is 0.242 e. The summed E-state index contributed by atoms with van der Waals surface area (Å²) in [4.78, 5) is 41.7. The molecule has 1 saturated heterocycles. The second-order valence-electron chi connectivity index (χ2n) is 8.73. The summed E-state index contributed by atoms with van der Waals surface area (Å²) in [6, 6.07) is 0. The molecule has 0 unspecified atom stereocenters. The number of piperazine rings is 1. The Balaban J connectivity index is 2.00. The molecule has 148 valence electrons. The summed E-state index contributed by atoms with van der Waals surface area (Å²) in [5, 5.41) is 3.03. The zero-order valence-electron chi connectivity index (χ0n) is 16.8. The molecule has 26 heavy (non-hydrogen) atoms. The van der Waals surface area contributed by atoms with Gasteiger partial charge in [-0.1, -0.05) is 26.2 Å². The molecule has 0 radical (unpaired) electrons. The van der Waals surface area contributed by atoms with E-state index in [1.54, 1.807) is 4.90 Å². The van der Waals surface area contributed by atoms with Crippen LogP contribution in [0.3, 0.4) is 0 Å². The van der Waals surface area contributed by atoms with Gasteiger partial charge < -0.3 is 15.1 Å². The summed E-state index contributed by atoms with van der Waals surface area (Å²) in [5.41, 5.74) is -0.303. The summed E-state index contributed by atoms with van der Waals surface area (Å²) < 4.78 is 0. The second kappa shape index (κ2) is 8.87. The minimum atomic E-state index is -0.303. The number of amides is 3. The Morgan fingerprint density at radius 3 is 2.35 bits per heavy atom. The first kappa shape index (κ1) is 20.7. The highest BCUT2D eigenvalue weighted by atomic mass is 16.2. The first-order valence-corrected chi connectivity index (χ1v) is 10.1. The van der Waals surface area contributed by atoms with Gasteiger partial charge in [-0.3, -0.25) is 14.4 Å². The van der Waals surface area contributed by atoms with Crippen LogP contribution in [0.15, 0.2) is 0 Å². The molecule has 1 aliphatic heterocycles. The van der Waals surface area contributed by atoms with Crippen LogP contribution in [0.2, 0.25) is 0 Å². The van der Waals surface area contributed by atoms with Crippen LogP contribution < -0.4 is 5.32 Å². The van der Waals surface area contributed by atoms with Crippen LogP contribution in [0, 0.1) is 11.8 Å². The van der Waals surface area contributed by atoms with Gasteiger partial charge in [0.25, 0.3) is 0 Å². The molecule has 0 aromatic rings. The van der Waals surface area contributed by atoms with Gasteiger partial charge in [0.05, 0.1) is 6.54 Å². The molecule has 1 aliphatic carbocycles. The van der Waals surface area contributed by atoms with E-state index in [2.05, 4.69) is 12.2 Å². The number of nitrogens with zero attached hydrogens (tertiary/aromatic N) is 2. The highest BCUT2D eigenvalue weighted by Crippen LogP contribution is 2.32. The van der Waals surface area contributed by atoms with Crippen LogP contribution >= 0.6 is 0 Å². The number of carbonyl (C=O) groups is 3. The first-order valence-electron chi connectivity index (χ1n) is 10.1. The van der Waals surface area contributed by atoms with E-state index >= 15 is 0 Å². The Labute approximate surface area is 157 Å². The molecule has 2 rings (SSSR count). The summed E-state index contributed by atoms with van der Waals surface area (Å²) in [5.74, 6) is -0.569. The monoisotopic (exact) mass is 365 g/mol. The molecule has 1 saturated carbocycles. The third-order valence-electron chi connectivity index (χ3n) is 5.33. The van der Waals surface area contributed by atoms with Gasteiger partial charge in [0.2, 0.25) is 17.7 Å². The molecule has 0 spiro atoms. The van der Waals surface area contributed by atoms with Crippen molar-refractivity contribution in [3.05, 3.63) is 0 Å². The van der Waals surface area contributed by atoms with E-state index in [1.807, 2.05) is 25.7 Å². The van der Waals surface area contributed by atoms with Crippen LogP contribution in [0.5, 0.6) is 0 Å². The molecule has 0 aromatic carbocycles. The molecule has 6 heteroatoms. The average molecular weight is 366 g/mol. The maximum Gasteiger partial charge on any atom is 0.242 e. The van der Waals surface area contributed by atoms with Crippen LogP contribution in [0.1, 0.15) is 66.2 Å². The van der Waals surface area contributed by atoms with Gasteiger partial charge in [0.1, 0.15) is 0 Å². The third kappa shape index (κ3) is 5.45. The fourth-order valence-corrected chi connectivity index (χ4v) is 3.92. The number of rotatable bonds is 5. The Morgan fingerprint density at radius 2 is 1.77 bits per heavy atom. The van der Waals surface area contributed by atoms with Crippen molar-refractivity contribution in [3.8, 4) is 0 Å². The lowest BCUT2D eigenvalue weighted by Crippen LogP contribution is -2.55. The van der Waals surface area contributed by atoms with Crippen molar-refractivity contribution in [1.29, 1.82) is 0 Å². The maximum atomic E-state index is 13.1. The van der Waals surface area contributed by atoms with E-state index < -0.39 is 0 Å². The first-order chi connectivity index (χ1) is 12.2. The maximum absolute atomic E-state index is 13.1. The molecular weight excluding hydrogens is 330 g/mol. The summed E-state index contributed by atoms with van der Waals surface area (Å²) in [6.07, 6.45) is 5.50. The highest BCUT2D eigenvalue weighted by molar-refractivity contribution is 5.91. The predicted octanol–water partition coefficient (Wildman–Crippen LogP) is 2.18. The van der Waals surface area contributed by atoms with Crippen molar-refractivity contribution in [3.63, 3.8) is 0 Å². The number of carbonyl (C=O) groups excluding carboxylic acids is 3. The number of unbranched alkanes of at least 4 members (excludes halogenated alkanes) is 1. The molecule has 2 aliphatic rings. The lowest BCUT2D eigenvalue weighted by molar-refractivity contribution is -0.151. The highest BCUT2D eigenvalue weighted by Gasteiger charge is 2.40. The van der Waals surface area contributed by atoms with Gasteiger partial charge in [-0.15, -0.1) is 0 Å². The quantitative estimate of drug-likeness (QED) is 0.812. The van der Waals surface area contributed by atoms with Gasteiger partial charge in [-0.2, -0.15) is 0 Å². The zero-order valence-corrected chi connectivity index (χ0v) is 16.8. The molecule has 1 N–H and O–H groups in total. The van der Waals surface area contributed by atoms with Crippen molar-refractivity contribution < 1.29 is 14.4 Å². The van der Waals surface area contributed by atoms with Gasteiger partial charge in [-0.25, -0.2) is 0 Å². The van der Waals surface area contributed by atoms with E-state index in [4.69, 9.17) is 0 Å². The minimum Gasteiger partial charge on any atom is -0.351 e. The summed E-state index contributed by atoms with van der Waals surface area (Å²) >= 11 is 0. The predicted molar refractivity (Wildman–Crippen MR) is 101 cm³/mol. The summed E-state index contributed by atoms with van der Waals surface area (Å²) in [7, 11) is 0. The zero-order chi connectivity index (χ0) is 19.3. The van der Waals surface area contributed by atoms with Crippen LogP contribution in [-0.2, 0) is 14.4 Å². The van der Waals surface area contributed by atoms with Crippen molar-refractivity contribution in [1.82, 2.24) is 15.1 Å². The standard InChI is InChI=1S/C20H35N3O3/c1-5-6-11-22-12-13-23(14-17(22)24)19(26)16-10-8-7-9-15(16)18(25)21-20(2,3)4/h15-16H,5-14H2,1-4H3,(H,21,25)/t15-,16+/m0/s1. The minimum absolute atomic E-state index is 0.0118. The van der Waals surface area contributed by atoms with Gasteiger partial charge >= 0.3 is 0 Å². The molecule has 3 amide bonds. The lowest BCUT2D eigenvalue weighted by atomic mass is 9.77. The van der Waals surface area contributed by atoms with E-state index in [1.165, 1.54) is 0 Å². The Hall–Kier alpha value is -1.59. The summed E-state index contributed by atoms with van der Waals surface area (Å²) in [6.45, 7) is 10.1. The lowest BCUT2D eigenvalue weighted by Gasteiger charge is -2.39. The van der Waals surface area contributed by atoms with Gasteiger partial charge in [-0.05, 0) is 40.0 Å². The molecule has 0 bridgehead atoms. The SMILES string of the molecule is CCCCN1CCN(C(=O)[C@@H]2CCCC[C@@H]2C(=O)NC(C)(C)C)CC1=O. The van der Waals surface area contributed by atoms with E-state index in [0.717, 1.165) is 45.1 Å². The van der Waals surface area contributed by atoms with Crippen molar-refractivity contribution in [2.24, 2.45) is 11.8 Å². The van der Waals surface area contributed by atoms with E-state index in [9.17, 15) is 14.4 Å². The number of hydrogen-bond acceptors (Lipinski definition) is 3.